The largest absolute Gasteiger partial charge is 0.507 e. The Bertz CT molecular complexity index is 1410. The van der Waals surface area contributed by atoms with Crippen LogP contribution in [0.5, 0.6) is 11.5 Å². The minimum Gasteiger partial charge on any atom is -0.507 e. The first kappa shape index (κ1) is 25.9. The van der Waals surface area contributed by atoms with Crippen LogP contribution in [0.3, 0.4) is 0 Å². The number of aliphatic hydroxyl groups is 1. The number of ketones is 1. The SMILES string of the molecule is CCOC(=O)c1sc(N2C(=O)C(=O)C(=C(O)c3ccc(C)cc3)C2c2ccc(OC)c(OC)c2)nc1C. The van der Waals surface area contributed by atoms with Crippen LogP contribution in [0.15, 0.2) is 48.0 Å². The molecule has 1 aliphatic heterocycles. The summed E-state index contributed by atoms with van der Waals surface area (Å²) in [4.78, 5) is 45.1. The number of anilines is 1. The van der Waals surface area contributed by atoms with E-state index >= 15 is 0 Å². The van der Waals surface area contributed by atoms with Crippen LogP contribution < -0.4 is 14.4 Å². The highest BCUT2D eigenvalue weighted by Gasteiger charge is 2.48. The molecule has 3 aromatic rings. The Morgan fingerprint density at radius 2 is 1.73 bits per heavy atom. The highest BCUT2D eigenvalue weighted by atomic mass is 32.1. The molecule has 9 nitrogen and oxygen atoms in total. The summed E-state index contributed by atoms with van der Waals surface area (Å²) < 4.78 is 15.9. The Hall–Kier alpha value is -4.18. The number of Topliss-reactive ketones (excluding diaryl/α,β-unsaturated/α-hetero) is 1. The molecule has 1 aliphatic rings. The molecule has 0 bridgehead atoms. The van der Waals surface area contributed by atoms with E-state index < -0.39 is 23.7 Å². The number of benzene rings is 2. The lowest BCUT2D eigenvalue weighted by Gasteiger charge is -2.23. The van der Waals surface area contributed by atoms with Crippen LogP contribution in [0.2, 0.25) is 0 Å². The molecular formula is C27H26N2O7S. The zero-order valence-corrected chi connectivity index (χ0v) is 21.8. The predicted octanol–water partition coefficient (Wildman–Crippen LogP) is 4.58. The Labute approximate surface area is 217 Å². The number of nitrogens with zero attached hydrogens (tertiary/aromatic N) is 2. The summed E-state index contributed by atoms with van der Waals surface area (Å²) in [5, 5.41) is 11.4. The van der Waals surface area contributed by atoms with Gasteiger partial charge in [-0.1, -0.05) is 47.2 Å². The average molecular weight is 523 g/mol. The van der Waals surface area contributed by atoms with Crippen LogP contribution in [0.25, 0.3) is 5.76 Å². The van der Waals surface area contributed by atoms with Crippen molar-refractivity contribution in [1.82, 2.24) is 4.98 Å². The lowest BCUT2D eigenvalue weighted by Crippen LogP contribution is -2.29. The zero-order chi connectivity index (χ0) is 26.9. The molecule has 0 radical (unpaired) electrons. The van der Waals surface area contributed by atoms with Gasteiger partial charge in [0.25, 0.3) is 5.78 Å². The van der Waals surface area contributed by atoms with Crippen molar-refractivity contribution in [1.29, 1.82) is 0 Å². The topological polar surface area (TPSA) is 115 Å². The molecule has 1 amide bonds. The van der Waals surface area contributed by atoms with Gasteiger partial charge in [-0.05, 0) is 38.5 Å². The van der Waals surface area contributed by atoms with Crippen molar-refractivity contribution in [2.45, 2.75) is 26.8 Å². The summed E-state index contributed by atoms with van der Waals surface area (Å²) in [6, 6.07) is 10.9. The van der Waals surface area contributed by atoms with E-state index in [-0.39, 0.29) is 27.9 Å². The van der Waals surface area contributed by atoms with Crippen molar-refractivity contribution in [3.05, 3.63) is 75.3 Å². The van der Waals surface area contributed by atoms with Gasteiger partial charge in [0.15, 0.2) is 16.6 Å². The van der Waals surface area contributed by atoms with Gasteiger partial charge in [-0.3, -0.25) is 14.5 Å². The Morgan fingerprint density at radius 1 is 1.05 bits per heavy atom. The van der Waals surface area contributed by atoms with Gasteiger partial charge in [-0.25, -0.2) is 9.78 Å². The molecule has 2 heterocycles. The fourth-order valence-electron chi connectivity index (χ4n) is 4.11. The monoisotopic (exact) mass is 522 g/mol. The molecule has 4 rings (SSSR count). The van der Waals surface area contributed by atoms with Crippen molar-refractivity contribution < 1.29 is 33.7 Å². The van der Waals surface area contributed by atoms with E-state index in [1.165, 1.54) is 19.1 Å². The number of carbonyl (C=O) groups excluding carboxylic acids is 3. The number of rotatable bonds is 7. The number of esters is 1. The average Bonchev–Trinajstić information content (AvgIpc) is 3.40. The smallest absolute Gasteiger partial charge is 0.350 e. The standard InChI is InChI=1S/C27H26N2O7S/c1-6-36-26(33)24-15(3)28-27(37-24)29-21(17-11-12-18(34-4)19(13-17)35-5)20(23(31)25(29)32)22(30)16-9-7-14(2)8-10-16/h7-13,21,30H,6H2,1-5H3. The third-order valence-electron chi connectivity index (χ3n) is 5.94. The number of methoxy groups -OCH3 is 2. The van der Waals surface area contributed by atoms with E-state index in [1.807, 2.05) is 6.92 Å². The van der Waals surface area contributed by atoms with Crippen LogP contribution >= 0.6 is 11.3 Å². The highest BCUT2D eigenvalue weighted by molar-refractivity contribution is 7.17. The third-order valence-corrected chi connectivity index (χ3v) is 7.08. The summed E-state index contributed by atoms with van der Waals surface area (Å²) in [5.41, 5.74) is 2.10. The number of amides is 1. The molecule has 1 fully saturated rings. The second-order valence-corrected chi connectivity index (χ2v) is 9.26. The summed E-state index contributed by atoms with van der Waals surface area (Å²) in [6.07, 6.45) is 0. The first-order chi connectivity index (χ1) is 17.7. The van der Waals surface area contributed by atoms with Crippen LogP contribution in [0.4, 0.5) is 5.13 Å². The maximum atomic E-state index is 13.4. The predicted molar refractivity (Wildman–Crippen MR) is 138 cm³/mol. The molecular weight excluding hydrogens is 496 g/mol. The summed E-state index contributed by atoms with van der Waals surface area (Å²) in [7, 11) is 2.97. The molecule has 0 saturated carbocycles. The van der Waals surface area contributed by atoms with Gasteiger partial charge in [0.1, 0.15) is 10.6 Å². The van der Waals surface area contributed by atoms with E-state index in [0.29, 0.717) is 28.3 Å². The Kier molecular flexibility index (Phi) is 7.30. The molecule has 1 aromatic heterocycles. The number of ether oxygens (including phenoxy) is 3. The van der Waals surface area contributed by atoms with Gasteiger partial charge in [0, 0.05) is 5.56 Å². The second kappa shape index (κ2) is 10.4. The maximum absolute atomic E-state index is 13.4. The van der Waals surface area contributed by atoms with Crippen LogP contribution in [0.1, 0.15) is 45.0 Å². The van der Waals surface area contributed by atoms with E-state index in [1.54, 1.807) is 56.3 Å². The third kappa shape index (κ3) is 4.67. The van der Waals surface area contributed by atoms with E-state index in [2.05, 4.69) is 4.98 Å². The zero-order valence-electron chi connectivity index (χ0n) is 21.0. The first-order valence-electron chi connectivity index (χ1n) is 11.5. The van der Waals surface area contributed by atoms with Crippen LogP contribution in [-0.4, -0.2) is 48.6 Å². The van der Waals surface area contributed by atoms with E-state index in [9.17, 15) is 19.5 Å². The van der Waals surface area contributed by atoms with E-state index in [4.69, 9.17) is 14.2 Å². The molecule has 0 spiro atoms. The Balaban J connectivity index is 1.94. The molecule has 1 atom stereocenters. The van der Waals surface area contributed by atoms with Gasteiger partial charge in [0.2, 0.25) is 0 Å². The van der Waals surface area contributed by atoms with E-state index in [0.717, 1.165) is 16.9 Å². The number of aromatic nitrogens is 1. The van der Waals surface area contributed by atoms with Crippen LogP contribution in [0, 0.1) is 13.8 Å². The summed E-state index contributed by atoms with van der Waals surface area (Å²) in [5.74, 6) is -1.80. The fraction of sp³-hybridized carbons (Fsp3) is 0.259. The molecule has 1 unspecified atom stereocenters. The maximum Gasteiger partial charge on any atom is 0.350 e. The van der Waals surface area contributed by atoms with Gasteiger partial charge in [-0.15, -0.1) is 0 Å². The molecule has 2 aromatic carbocycles. The second-order valence-electron chi connectivity index (χ2n) is 8.28. The van der Waals surface area contributed by atoms with Gasteiger partial charge in [0.05, 0.1) is 38.1 Å². The van der Waals surface area contributed by atoms with Crippen molar-refractivity contribution in [2.24, 2.45) is 0 Å². The number of hydrogen-bond donors (Lipinski definition) is 1. The normalized spacial score (nSPS) is 16.7. The molecule has 192 valence electrons. The highest BCUT2D eigenvalue weighted by Crippen LogP contribution is 2.45. The van der Waals surface area contributed by atoms with Crippen molar-refractivity contribution in [3.63, 3.8) is 0 Å². The number of carbonyl (C=O) groups is 3. The number of aryl methyl sites for hydroxylation is 2. The molecule has 1 N–H and O–H groups in total. The van der Waals surface area contributed by atoms with Crippen molar-refractivity contribution in [2.75, 3.05) is 25.7 Å². The van der Waals surface area contributed by atoms with Crippen molar-refractivity contribution in [3.8, 4) is 11.5 Å². The fourth-order valence-corrected chi connectivity index (χ4v) is 5.09. The van der Waals surface area contributed by atoms with Crippen molar-refractivity contribution >= 4 is 39.9 Å². The lowest BCUT2D eigenvalue weighted by molar-refractivity contribution is -0.132. The minimum atomic E-state index is -1.04. The number of hydrogen-bond acceptors (Lipinski definition) is 9. The molecule has 0 aliphatic carbocycles. The summed E-state index contributed by atoms with van der Waals surface area (Å²) in [6.45, 7) is 5.40. The quantitative estimate of drug-likeness (QED) is 0.208. The van der Waals surface area contributed by atoms with Gasteiger partial charge >= 0.3 is 11.9 Å². The number of aliphatic hydroxyl groups excluding tert-OH is 1. The number of thiazole rings is 1. The minimum absolute atomic E-state index is 0.105. The first-order valence-corrected chi connectivity index (χ1v) is 12.3. The van der Waals surface area contributed by atoms with Gasteiger partial charge in [-0.2, -0.15) is 0 Å². The van der Waals surface area contributed by atoms with Gasteiger partial charge < -0.3 is 19.3 Å². The summed E-state index contributed by atoms with van der Waals surface area (Å²) >= 11 is 0.945. The molecule has 37 heavy (non-hydrogen) atoms. The Morgan fingerprint density at radius 3 is 2.35 bits per heavy atom. The molecule has 1 saturated heterocycles. The van der Waals surface area contributed by atoms with Crippen LogP contribution in [-0.2, 0) is 14.3 Å². The molecule has 10 heteroatoms. The lowest BCUT2D eigenvalue weighted by atomic mass is 9.95.